The van der Waals surface area contributed by atoms with Crippen LogP contribution in [0.4, 0.5) is 0 Å². The molecule has 0 bridgehead atoms. The molecular formula is C26H33N3O6S. The quantitative estimate of drug-likeness (QED) is 0.359. The molecule has 10 heteroatoms. The summed E-state index contributed by atoms with van der Waals surface area (Å²) in [6.07, 6.45) is 1.97. The molecule has 1 unspecified atom stereocenters. The lowest BCUT2D eigenvalue weighted by molar-refractivity contribution is -0.143. The fourth-order valence-electron chi connectivity index (χ4n) is 4.07. The first-order valence-electron chi connectivity index (χ1n) is 12.2. The van der Waals surface area contributed by atoms with Gasteiger partial charge < -0.3 is 19.7 Å². The van der Waals surface area contributed by atoms with Crippen LogP contribution in [-0.4, -0.2) is 66.3 Å². The average Bonchev–Trinajstić information content (AvgIpc) is 3.38. The Labute approximate surface area is 215 Å². The number of benzene rings is 1. The number of likely N-dealkylation sites (tertiary alicyclic amines) is 1. The zero-order chi connectivity index (χ0) is 26.1. The maximum atomic E-state index is 12.6. The standard InChI is InChI=1S/C26H33N3O6S/c1-4-35-24(32)15-17(2)27-25(33)21-16-36-26(28-21)19-11-13-29(14-12-19)23(31)10-9-22(30)18-5-7-20(34-3)8-6-18/h5-8,16-17,19H,4,9-15H2,1-3H3,(H,27,33). The van der Waals surface area contributed by atoms with Crippen LogP contribution in [0.1, 0.15) is 77.7 Å². The lowest BCUT2D eigenvalue weighted by Crippen LogP contribution is -2.38. The average molecular weight is 516 g/mol. The van der Waals surface area contributed by atoms with Gasteiger partial charge in [-0.05, 0) is 51.0 Å². The van der Waals surface area contributed by atoms with Crippen molar-refractivity contribution in [2.75, 3.05) is 26.8 Å². The topological polar surface area (TPSA) is 115 Å². The summed E-state index contributed by atoms with van der Waals surface area (Å²) in [5.41, 5.74) is 0.905. The largest absolute Gasteiger partial charge is 0.497 e. The van der Waals surface area contributed by atoms with E-state index in [0.717, 1.165) is 17.8 Å². The van der Waals surface area contributed by atoms with Gasteiger partial charge in [-0.2, -0.15) is 0 Å². The van der Waals surface area contributed by atoms with Crippen molar-refractivity contribution >= 4 is 34.9 Å². The molecule has 0 radical (unpaired) electrons. The van der Waals surface area contributed by atoms with Crippen LogP contribution in [0.25, 0.3) is 0 Å². The van der Waals surface area contributed by atoms with E-state index in [9.17, 15) is 19.2 Å². The van der Waals surface area contributed by atoms with Gasteiger partial charge in [0.1, 0.15) is 11.4 Å². The highest BCUT2D eigenvalue weighted by Crippen LogP contribution is 2.30. The van der Waals surface area contributed by atoms with E-state index in [1.807, 2.05) is 0 Å². The number of carbonyl (C=O) groups excluding carboxylic acids is 4. The van der Waals surface area contributed by atoms with E-state index in [1.54, 1.807) is 55.5 Å². The molecule has 1 N–H and O–H groups in total. The summed E-state index contributed by atoms with van der Waals surface area (Å²) in [6, 6.07) is 6.53. The Hall–Kier alpha value is -3.27. The van der Waals surface area contributed by atoms with Crippen LogP contribution in [0.5, 0.6) is 5.75 Å². The van der Waals surface area contributed by atoms with Crippen molar-refractivity contribution in [3.63, 3.8) is 0 Å². The van der Waals surface area contributed by atoms with Crippen LogP contribution in [0.3, 0.4) is 0 Å². The molecule has 2 aromatic rings. The molecule has 1 saturated heterocycles. The highest BCUT2D eigenvalue weighted by molar-refractivity contribution is 7.09. The molecule has 0 aliphatic carbocycles. The Kier molecular flexibility index (Phi) is 9.98. The molecule has 2 heterocycles. The van der Waals surface area contributed by atoms with Crippen LogP contribution in [-0.2, 0) is 14.3 Å². The van der Waals surface area contributed by atoms with Gasteiger partial charge in [0.05, 0.1) is 25.1 Å². The molecule has 1 fully saturated rings. The fourth-order valence-corrected chi connectivity index (χ4v) is 5.05. The van der Waals surface area contributed by atoms with Crippen LogP contribution < -0.4 is 10.1 Å². The minimum atomic E-state index is -0.354. The molecule has 9 nitrogen and oxygen atoms in total. The number of hydrogen-bond acceptors (Lipinski definition) is 8. The zero-order valence-electron chi connectivity index (χ0n) is 21.0. The number of Topliss-reactive ketones (excluding diaryl/α,β-unsaturated/α-hetero) is 1. The number of piperidine rings is 1. The smallest absolute Gasteiger partial charge is 0.307 e. The van der Waals surface area contributed by atoms with Crippen LogP contribution in [0, 0.1) is 0 Å². The first kappa shape index (κ1) is 27.3. The van der Waals surface area contributed by atoms with Gasteiger partial charge in [-0.3, -0.25) is 19.2 Å². The second kappa shape index (κ2) is 13.2. The number of ketones is 1. The van der Waals surface area contributed by atoms with Crippen LogP contribution >= 0.6 is 11.3 Å². The van der Waals surface area contributed by atoms with Gasteiger partial charge in [0.15, 0.2) is 5.78 Å². The highest BCUT2D eigenvalue weighted by atomic mass is 32.1. The highest BCUT2D eigenvalue weighted by Gasteiger charge is 2.27. The first-order chi connectivity index (χ1) is 17.3. The Morgan fingerprint density at radius 1 is 1.14 bits per heavy atom. The maximum absolute atomic E-state index is 12.6. The van der Waals surface area contributed by atoms with Gasteiger partial charge in [-0.1, -0.05) is 0 Å². The van der Waals surface area contributed by atoms with E-state index < -0.39 is 0 Å². The molecule has 36 heavy (non-hydrogen) atoms. The number of hydrogen-bond donors (Lipinski definition) is 1. The van der Waals surface area contributed by atoms with E-state index in [1.165, 1.54) is 11.3 Å². The van der Waals surface area contributed by atoms with Crippen molar-refractivity contribution in [3.05, 3.63) is 45.9 Å². The number of carbonyl (C=O) groups is 4. The lowest BCUT2D eigenvalue weighted by Gasteiger charge is -2.31. The number of rotatable bonds is 11. The Bertz CT molecular complexity index is 1060. The zero-order valence-corrected chi connectivity index (χ0v) is 21.8. The SMILES string of the molecule is CCOC(=O)CC(C)NC(=O)c1csc(C2CCN(C(=O)CCC(=O)c3ccc(OC)cc3)CC2)n1. The number of thiazole rings is 1. The molecule has 1 aromatic heterocycles. The molecule has 0 saturated carbocycles. The number of ether oxygens (including phenoxy) is 2. The molecule has 1 aromatic carbocycles. The summed E-state index contributed by atoms with van der Waals surface area (Å²) in [7, 11) is 1.57. The van der Waals surface area contributed by atoms with Crippen molar-refractivity contribution in [1.29, 1.82) is 0 Å². The Balaban J connectivity index is 1.43. The normalized spacial score (nSPS) is 14.7. The summed E-state index contributed by atoms with van der Waals surface area (Å²) in [4.78, 5) is 55.4. The molecule has 194 valence electrons. The van der Waals surface area contributed by atoms with Crippen molar-refractivity contribution in [1.82, 2.24) is 15.2 Å². The van der Waals surface area contributed by atoms with E-state index in [0.29, 0.717) is 36.7 Å². The molecule has 0 spiro atoms. The van der Waals surface area contributed by atoms with Crippen molar-refractivity contribution in [3.8, 4) is 5.75 Å². The van der Waals surface area contributed by atoms with Gasteiger partial charge >= 0.3 is 5.97 Å². The Morgan fingerprint density at radius 3 is 2.47 bits per heavy atom. The summed E-state index contributed by atoms with van der Waals surface area (Å²) in [6.45, 7) is 4.99. The first-order valence-corrected chi connectivity index (χ1v) is 13.1. The third kappa shape index (κ3) is 7.61. The lowest BCUT2D eigenvalue weighted by atomic mass is 9.97. The monoisotopic (exact) mass is 515 g/mol. The number of nitrogens with one attached hydrogen (secondary N) is 1. The predicted octanol–water partition coefficient (Wildman–Crippen LogP) is 3.59. The van der Waals surface area contributed by atoms with E-state index in [-0.39, 0.29) is 54.8 Å². The number of nitrogens with zero attached hydrogens (tertiary/aromatic N) is 2. The van der Waals surface area contributed by atoms with Gasteiger partial charge in [-0.25, -0.2) is 4.98 Å². The minimum absolute atomic E-state index is 0.0231. The number of amides is 2. The van der Waals surface area contributed by atoms with Gasteiger partial charge in [0.2, 0.25) is 5.91 Å². The van der Waals surface area contributed by atoms with Crippen LogP contribution in [0.2, 0.25) is 0 Å². The molecule has 1 aliphatic rings. The summed E-state index contributed by atoms with van der Waals surface area (Å²) < 4.78 is 10.0. The van der Waals surface area contributed by atoms with Gasteiger partial charge in [0.25, 0.3) is 5.91 Å². The maximum Gasteiger partial charge on any atom is 0.307 e. The summed E-state index contributed by atoms with van der Waals surface area (Å²) >= 11 is 1.44. The summed E-state index contributed by atoms with van der Waals surface area (Å²) in [5.74, 6) is 0.107. The van der Waals surface area contributed by atoms with Crippen molar-refractivity contribution < 1.29 is 28.7 Å². The van der Waals surface area contributed by atoms with E-state index >= 15 is 0 Å². The number of aromatic nitrogens is 1. The van der Waals surface area contributed by atoms with E-state index in [2.05, 4.69) is 10.3 Å². The minimum Gasteiger partial charge on any atom is -0.497 e. The van der Waals surface area contributed by atoms with Crippen molar-refractivity contribution in [2.24, 2.45) is 0 Å². The fraction of sp³-hybridized carbons (Fsp3) is 0.500. The third-order valence-corrected chi connectivity index (χ3v) is 7.09. The van der Waals surface area contributed by atoms with Crippen molar-refractivity contribution in [2.45, 2.75) is 57.9 Å². The van der Waals surface area contributed by atoms with E-state index in [4.69, 9.17) is 9.47 Å². The predicted molar refractivity (Wildman–Crippen MR) is 135 cm³/mol. The second-order valence-corrected chi connectivity index (χ2v) is 9.65. The molecule has 1 atom stereocenters. The number of methoxy groups -OCH3 is 1. The molecule has 3 rings (SSSR count). The Morgan fingerprint density at radius 2 is 1.83 bits per heavy atom. The van der Waals surface area contributed by atoms with Crippen LogP contribution in [0.15, 0.2) is 29.6 Å². The molecular weight excluding hydrogens is 482 g/mol. The van der Waals surface area contributed by atoms with Gasteiger partial charge in [0, 0.05) is 48.8 Å². The molecule has 1 aliphatic heterocycles. The number of esters is 1. The third-order valence-electron chi connectivity index (χ3n) is 6.09. The molecule has 2 amide bonds. The second-order valence-electron chi connectivity index (χ2n) is 8.76. The summed E-state index contributed by atoms with van der Waals surface area (Å²) in [5, 5.41) is 5.38. The van der Waals surface area contributed by atoms with Gasteiger partial charge in [-0.15, -0.1) is 11.3 Å².